The van der Waals surface area contributed by atoms with Crippen LogP contribution in [0.1, 0.15) is 11.1 Å². The van der Waals surface area contributed by atoms with Crippen LogP contribution in [0.25, 0.3) is 0 Å². The van der Waals surface area contributed by atoms with E-state index in [1.807, 2.05) is 0 Å². The summed E-state index contributed by atoms with van der Waals surface area (Å²) in [6.07, 6.45) is -3.23. The van der Waals surface area contributed by atoms with Gasteiger partial charge in [0.05, 0.1) is 11.3 Å². The molecule has 0 aromatic heterocycles. The molecule has 0 saturated heterocycles. The van der Waals surface area contributed by atoms with Crippen LogP contribution in [0.5, 0.6) is 0 Å². The normalized spacial score (nSPS) is 10.9. The standard InChI is InChI=1S/C9H6F3NO/c1-6-2-3-7(13-5-14)4-8(6)9(10,11)12/h2-4H,1H3. The van der Waals surface area contributed by atoms with Crippen molar-refractivity contribution in [1.29, 1.82) is 0 Å². The maximum Gasteiger partial charge on any atom is 0.416 e. The summed E-state index contributed by atoms with van der Waals surface area (Å²) < 4.78 is 37.0. The Morgan fingerprint density at radius 1 is 1.36 bits per heavy atom. The number of aryl methyl sites for hydroxylation is 1. The second-order valence-electron chi connectivity index (χ2n) is 2.70. The lowest BCUT2D eigenvalue weighted by Gasteiger charge is -2.09. The maximum absolute atomic E-state index is 12.3. The van der Waals surface area contributed by atoms with Crippen molar-refractivity contribution in [2.75, 3.05) is 0 Å². The molecule has 0 atom stereocenters. The molecule has 0 unspecified atom stereocenters. The van der Waals surface area contributed by atoms with Gasteiger partial charge in [-0.1, -0.05) is 6.07 Å². The first-order valence-electron chi connectivity index (χ1n) is 3.71. The monoisotopic (exact) mass is 201 g/mol. The van der Waals surface area contributed by atoms with Crippen LogP contribution >= 0.6 is 0 Å². The molecule has 0 bridgehead atoms. The van der Waals surface area contributed by atoms with Gasteiger partial charge in [-0.3, -0.25) is 0 Å². The lowest BCUT2D eigenvalue weighted by Crippen LogP contribution is -2.06. The molecule has 0 N–H and O–H groups in total. The van der Waals surface area contributed by atoms with Gasteiger partial charge in [0.2, 0.25) is 6.08 Å². The number of carbonyl (C=O) groups excluding carboxylic acids is 1. The topological polar surface area (TPSA) is 29.4 Å². The van der Waals surface area contributed by atoms with Crippen molar-refractivity contribution in [2.45, 2.75) is 13.1 Å². The average molecular weight is 201 g/mol. The van der Waals surface area contributed by atoms with Crippen LogP contribution in [0.2, 0.25) is 0 Å². The zero-order valence-corrected chi connectivity index (χ0v) is 7.22. The molecule has 0 aliphatic carbocycles. The molecule has 14 heavy (non-hydrogen) atoms. The van der Waals surface area contributed by atoms with Gasteiger partial charge < -0.3 is 0 Å². The van der Waals surface area contributed by atoms with E-state index in [-0.39, 0.29) is 11.3 Å². The Bertz CT molecular complexity index is 392. The van der Waals surface area contributed by atoms with Crippen LogP contribution in [0.3, 0.4) is 0 Å². The number of hydrogen-bond acceptors (Lipinski definition) is 2. The molecule has 1 rings (SSSR count). The van der Waals surface area contributed by atoms with Gasteiger partial charge in [-0.2, -0.15) is 18.2 Å². The Morgan fingerprint density at radius 2 is 2.00 bits per heavy atom. The third kappa shape index (κ3) is 2.20. The minimum Gasteiger partial charge on any atom is -0.211 e. The SMILES string of the molecule is Cc1ccc(N=C=O)cc1C(F)(F)F. The fraction of sp³-hybridized carbons (Fsp3) is 0.222. The van der Waals surface area contributed by atoms with Gasteiger partial charge in [-0.05, 0) is 24.6 Å². The Morgan fingerprint density at radius 3 is 2.50 bits per heavy atom. The molecule has 74 valence electrons. The van der Waals surface area contributed by atoms with Gasteiger partial charge >= 0.3 is 6.18 Å². The van der Waals surface area contributed by atoms with Crippen molar-refractivity contribution in [2.24, 2.45) is 4.99 Å². The highest BCUT2D eigenvalue weighted by atomic mass is 19.4. The third-order valence-electron chi connectivity index (χ3n) is 1.70. The van der Waals surface area contributed by atoms with E-state index in [1.165, 1.54) is 25.1 Å². The summed E-state index contributed by atoms with van der Waals surface area (Å²) in [5, 5.41) is 0. The molecule has 0 heterocycles. The fourth-order valence-electron chi connectivity index (χ4n) is 1.04. The smallest absolute Gasteiger partial charge is 0.211 e. The van der Waals surface area contributed by atoms with Crippen LogP contribution in [-0.4, -0.2) is 6.08 Å². The van der Waals surface area contributed by atoms with Crippen LogP contribution in [0.15, 0.2) is 23.2 Å². The molecule has 0 radical (unpaired) electrons. The minimum absolute atomic E-state index is 0.0436. The van der Waals surface area contributed by atoms with E-state index < -0.39 is 11.7 Å². The Balaban J connectivity index is 3.28. The zero-order chi connectivity index (χ0) is 10.8. The highest BCUT2D eigenvalue weighted by molar-refractivity contribution is 5.51. The number of alkyl halides is 3. The van der Waals surface area contributed by atoms with Crippen molar-refractivity contribution >= 4 is 11.8 Å². The minimum atomic E-state index is -4.42. The molecule has 0 aliphatic heterocycles. The predicted octanol–water partition coefficient (Wildman–Crippen LogP) is 2.98. The number of benzene rings is 1. The van der Waals surface area contributed by atoms with Crippen LogP contribution in [0, 0.1) is 6.92 Å². The first-order chi connectivity index (χ1) is 6.45. The van der Waals surface area contributed by atoms with E-state index in [0.29, 0.717) is 0 Å². The number of halogens is 3. The van der Waals surface area contributed by atoms with Crippen molar-refractivity contribution < 1.29 is 18.0 Å². The van der Waals surface area contributed by atoms with Crippen molar-refractivity contribution in [3.8, 4) is 0 Å². The summed E-state index contributed by atoms with van der Waals surface area (Å²) >= 11 is 0. The molecular formula is C9H6F3NO. The van der Waals surface area contributed by atoms with Gasteiger partial charge in [-0.15, -0.1) is 0 Å². The Kier molecular flexibility index (Phi) is 2.72. The number of nitrogens with zero attached hydrogens (tertiary/aromatic N) is 1. The van der Waals surface area contributed by atoms with E-state index in [4.69, 9.17) is 0 Å². The van der Waals surface area contributed by atoms with Crippen LogP contribution < -0.4 is 0 Å². The van der Waals surface area contributed by atoms with Crippen molar-refractivity contribution in [1.82, 2.24) is 0 Å². The zero-order valence-electron chi connectivity index (χ0n) is 7.22. The summed E-state index contributed by atoms with van der Waals surface area (Å²) in [6, 6.07) is 3.41. The molecule has 5 heteroatoms. The first-order valence-corrected chi connectivity index (χ1v) is 3.71. The lowest BCUT2D eigenvalue weighted by molar-refractivity contribution is -0.138. The average Bonchev–Trinajstić information content (AvgIpc) is 2.07. The van der Waals surface area contributed by atoms with E-state index in [1.54, 1.807) is 0 Å². The highest BCUT2D eigenvalue weighted by Crippen LogP contribution is 2.33. The lowest BCUT2D eigenvalue weighted by atomic mass is 10.1. The Labute approximate surface area is 78.1 Å². The summed E-state index contributed by atoms with van der Waals surface area (Å²) in [6.45, 7) is 1.34. The van der Waals surface area contributed by atoms with Crippen LogP contribution in [0.4, 0.5) is 18.9 Å². The van der Waals surface area contributed by atoms with E-state index >= 15 is 0 Å². The van der Waals surface area contributed by atoms with E-state index in [0.717, 1.165) is 6.07 Å². The van der Waals surface area contributed by atoms with Gasteiger partial charge in [0.25, 0.3) is 0 Å². The second kappa shape index (κ2) is 3.64. The van der Waals surface area contributed by atoms with Gasteiger partial charge in [0.15, 0.2) is 0 Å². The Hall–Kier alpha value is -1.61. The predicted molar refractivity (Wildman–Crippen MR) is 44.0 cm³/mol. The molecule has 0 spiro atoms. The van der Waals surface area contributed by atoms with Gasteiger partial charge in [-0.25, -0.2) is 4.79 Å². The number of isocyanates is 1. The molecule has 2 nitrogen and oxygen atoms in total. The molecule has 1 aromatic rings. The summed E-state index contributed by atoms with van der Waals surface area (Å²) in [5.74, 6) is 0. The molecule has 0 aliphatic rings. The van der Waals surface area contributed by atoms with Gasteiger partial charge in [0.1, 0.15) is 0 Å². The maximum atomic E-state index is 12.3. The molecular weight excluding hydrogens is 195 g/mol. The van der Waals surface area contributed by atoms with E-state index in [9.17, 15) is 18.0 Å². The molecule has 1 aromatic carbocycles. The fourth-order valence-corrected chi connectivity index (χ4v) is 1.04. The summed E-state index contributed by atoms with van der Waals surface area (Å²) in [5.41, 5.74) is -0.728. The second-order valence-corrected chi connectivity index (χ2v) is 2.70. The molecule has 0 saturated carbocycles. The van der Waals surface area contributed by atoms with Crippen molar-refractivity contribution in [3.63, 3.8) is 0 Å². The molecule has 0 amide bonds. The van der Waals surface area contributed by atoms with Gasteiger partial charge in [0, 0.05) is 0 Å². The number of aliphatic imine (C=N–C) groups is 1. The third-order valence-corrected chi connectivity index (χ3v) is 1.70. The summed E-state index contributed by atoms with van der Waals surface area (Å²) in [4.78, 5) is 13.0. The highest BCUT2D eigenvalue weighted by Gasteiger charge is 2.32. The van der Waals surface area contributed by atoms with Crippen LogP contribution in [-0.2, 0) is 11.0 Å². The number of hydrogen-bond donors (Lipinski definition) is 0. The van der Waals surface area contributed by atoms with Crippen molar-refractivity contribution in [3.05, 3.63) is 29.3 Å². The first kappa shape index (κ1) is 10.5. The summed E-state index contributed by atoms with van der Waals surface area (Å²) in [7, 11) is 0. The number of rotatable bonds is 1. The molecule has 0 fully saturated rings. The largest absolute Gasteiger partial charge is 0.416 e. The van der Waals surface area contributed by atoms with E-state index in [2.05, 4.69) is 4.99 Å². The quantitative estimate of drug-likeness (QED) is 0.507.